The Bertz CT molecular complexity index is 243. The van der Waals surface area contributed by atoms with Crippen LogP contribution in [0.4, 0.5) is 0 Å². The topological polar surface area (TPSA) is 18.5 Å². The van der Waals surface area contributed by atoms with Gasteiger partial charge >= 0.3 is 0 Å². The zero-order valence-electron chi connectivity index (χ0n) is 6.97. The van der Waals surface area contributed by atoms with E-state index in [9.17, 15) is 0 Å². The lowest BCUT2D eigenvalue weighted by atomic mass is 10.2. The smallest absolute Gasteiger partial charge is 0.127 e. The fourth-order valence-electron chi connectivity index (χ4n) is 0.898. The summed E-state index contributed by atoms with van der Waals surface area (Å²) >= 11 is 0. The molecule has 59 valence electrons. The van der Waals surface area contributed by atoms with Gasteiger partial charge in [-0.05, 0) is 24.6 Å². The molecule has 1 radical (unpaired) electrons. The van der Waals surface area contributed by atoms with Crippen molar-refractivity contribution in [2.45, 2.75) is 6.92 Å². The third kappa shape index (κ3) is 1.64. The number of hydrogen-bond donors (Lipinski definition) is 0. The van der Waals surface area contributed by atoms with Gasteiger partial charge in [0.2, 0.25) is 0 Å². The Labute approximate surface area is 66.8 Å². The zero-order valence-corrected chi connectivity index (χ0v) is 6.97. The monoisotopic (exact) mass is 151 g/mol. The number of ether oxygens (including phenoxy) is 2. The van der Waals surface area contributed by atoms with E-state index in [1.54, 1.807) is 20.3 Å². The van der Waals surface area contributed by atoms with Crippen molar-refractivity contribution < 1.29 is 9.47 Å². The first-order valence-electron chi connectivity index (χ1n) is 3.38. The molecule has 0 fully saturated rings. The van der Waals surface area contributed by atoms with Gasteiger partial charge in [-0.15, -0.1) is 0 Å². The van der Waals surface area contributed by atoms with Gasteiger partial charge in [0, 0.05) is 6.07 Å². The molecule has 1 rings (SSSR count). The van der Waals surface area contributed by atoms with Crippen molar-refractivity contribution in [2.24, 2.45) is 0 Å². The molecule has 11 heavy (non-hydrogen) atoms. The summed E-state index contributed by atoms with van der Waals surface area (Å²) in [7, 11) is 3.26. The summed E-state index contributed by atoms with van der Waals surface area (Å²) < 4.78 is 10.0. The highest BCUT2D eigenvalue weighted by atomic mass is 16.5. The van der Waals surface area contributed by atoms with Gasteiger partial charge in [0.25, 0.3) is 0 Å². The van der Waals surface area contributed by atoms with Gasteiger partial charge in [0.1, 0.15) is 11.5 Å². The van der Waals surface area contributed by atoms with Crippen molar-refractivity contribution in [3.05, 3.63) is 23.8 Å². The Kier molecular flexibility index (Phi) is 2.36. The molecule has 0 amide bonds. The minimum absolute atomic E-state index is 0.739. The molecule has 2 nitrogen and oxygen atoms in total. The molecule has 0 aliphatic carbocycles. The van der Waals surface area contributed by atoms with Crippen LogP contribution in [0.3, 0.4) is 0 Å². The molecule has 0 bridgehead atoms. The van der Waals surface area contributed by atoms with E-state index in [0.29, 0.717) is 0 Å². The predicted molar refractivity (Wildman–Crippen MR) is 43.1 cm³/mol. The lowest BCUT2D eigenvalue weighted by molar-refractivity contribution is 0.400. The van der Waals surface area contributed by atoms with E-state index in [4.69, 9.17) is 9.47 Å². The van der Waals surface area contributed by atoms with Crippen molar-refractivity contribution in [2.75, 3.05) is 14.2 Å². The van der Waals surface area contributed by atoms with Gasteiger partial charge in [0.15, 0.2) is 0 Å². The van der Waals surface area contributed by atoms with Gasteiger partial charge in [-0.25, -0.2) is 0 Å². The van der Waals surface area contributed by atoms with Crippen LogP contribution in [0.15, 0.2) is 12.1 Å². The van der Waals surface area contributed by atoms with E-state index in [2.05, 4.69) is 6.07 Å². The molecule has 0 aliphatic rings. The standard InChI is InChI=1S/C9H11O2/c1-7-6-8(10-2)4-5-9(7)11-3/h5-6H,1-3H3. The fraction of sp³-hybridized carbons (Fsp3) is 0.333. The van der Waals surface area contributed by atoms with Gasteiger partial charge in [-0.2, -0.15) is 0 Å². The van der Waals surface area contributed by atoms with Crippen LogP contribution >= 0.6 is 0 Å². The highest BCUT2D eigenvalue weighted by Gasteiger charge is 1.98. The quantitative estimate of drug-likeness (QED) is 0.641. The van der Waals surface area contributed by atoms with Crippen LogP contribution in [0.5, 0.6) is 11.5 Å². The molecular formula is C9H11O2. The minimum Gasteiger partial charge on any atom is -0.496 e. The minimum atomic E-state index is 0.739. The highest BCUT2D eigenvalue weighted by Crippen LogP contribution is 2.21. The summed E-state index contributed by atoms with van der Waals surface area (Å²) in [5.41, 5.74) is 1.06. The van der Waals surface area contributed by atoms with Crippen LogP contribution in [0.25, 0.3) is 0 Å². The Balaban J connectivity index is 2.99. The third-order valence-corrected chi connectivity index (χ3v) is 1.52. The lowest BCUT2D eigenvalue weighted by Gasteiger charge is -2.05. The second kappa shape index (κ2) is 3.28. The summed E-state index contributed by atoms with van der Waals surface area (Å²) in [6.45, 7) is 1.97. The summed E-state index contributed by atoms with van der Waals surface area (Å²) in [4.78, 5) is 0. The van der Waals surface area contributed by atoms with E-state index < -0.39 is 0 Å². The molecule has 0 aliphatic heterocycles. The van der Waals surface area contributed by atoms with Crippen LogP contribution in [-0.2, 0) is 0 Å². The Morgan fingerprint density at radius 1 is 1.27 bits per heavy atom. The number of methoxy groups -OCH3 is 2. The molecule has 0 saturated carbocycles. The van der Waals surface area contributed by atoms with Gasteiger partial charge in [-0.3, -0.25) is 0 Å². The first-order chi connectivity index (χ1) is 5.27. The lowest BCUT2D eigenvalue weighted by Crippen LogP contribution is -1.88. The van der Waals surface area contributed by atoms with Crippen LogP contribution in [0.2, 0.25) is 0 Å². The van der Waals surface area contributed by atoms with E-state index in [1.165, 1.54) is 0 Å². The molecule has 1 aromatic carbocycles. The molecule has 0 atom stereocenters. The van der Waals surface area contributed by atoms with Crippen molar-refractivity contribution >= 4 is 0 Å². The first-order valence-corrected chi connectivity index (χ1v) is 3.38. The normalized spacial score (nSPS) is 9.36. The average Bonchev–Trinajstić information content (AvgIpc) is 2.04. The van der Waals surface area contributed by atoms with E-state index >= 15 is 0 Å². The molecule has 0 aromatic heterocycles. The summed E-state index contributed by atoms with van der Waals surface area (Å²) in [6.07, 6.45) is 0. The maximum atomic E-state index is 5.06. The van der Waals surface area contributed by atoms with E-state index in [0.717, 1.165) is 17.1 Å². The Morgan fingerprint density at radius 3 is 2.45 bits per heavy atom. The molecule has 2 heteroatoms. The molecule has 1 aromatic rings. The van der Waals surface area contributed by atoms with E-state index in [1.807, 2.05) is 13.0 Å². The number of benzene rings is 1. The third-order valence-electron chi connectivity index (χ3n) is 1.52. The molecule has 0 N–H and O–H groups in total. The second-order valence-electron chi connectivity index (χ2n) is 2.25. The maximum Gasteiger partial charge on any atom is 0.127 e. The highest BCUT2D eigenvalue weighted by molar-refractivity contribution is 5.38. The van der Waals surface area contributed by atoms with Crippen molar-refractivity contribution in [1.29, 1.82) is 0 Å². The number of hydrogen-bond acceptors (Lipinski definition) is 2. The molecule has 0 spiro atoms. The largest absolute Gasteiger partial charge is 0.496 e. The fourth-order valence-corrected chi connectivity index (χ4v) is 0.898. The van der Waals surface area contributed by atoms with Crippen LogP contribution in [-0.4, -0.2) is 14.2 Å². The van der Waals surface area contributed by atoms with Gasteiger partial charge in [0.05, 0.1) is 14.2 Å². The van der Waals surface area contributed by atoms with Crippen molar-refractivity contribution in [1.82, 2.24) is 0 Å². The summed E-state index contributed by atoms with van der Waals surface area (Å²) in [6, 6.07) is 6.59. The van der Waals surface area contributed by atoms with Crippen LogP contribution in [0.1, 0.15) is 5.56 Å². The number of aryl methyl sites for hydroxylation is 1. The molecule has 0 saturated heterocycles. The van der Waals surface area contributed by atoms with Crippen LogP contribution < -0.4 is 9.47 Å². The van der Waals surface area contributed by atoms with E-state index in [-0.39, 0.29) is 0 Å². The summed E-state index contributed by atoms with van der Waals surface area (Å²) in [5, 5.41) is 0. The SMILES string of the molecule is COc1[c]cc(OC)c(C)c1. The van der Waals surface area contributed by atoms with Crippen molar-refractivity contribution in [3.63, 3.8) is 0 Å². The zero-order chi connectivity index (χ0) is 8.27. The predicted octanol–water partition coefficient (Wildman–Crippen LogP) is 1.81. The second-order valence-corrected chi connectivity index (χ2v) is 2.25. The molecule has 0 unspecified atom stereocenters. The number of rotatable bonds is 2. The van der Waals surface area contributed by atoms with Crippen molar-refractivity contribution in [3.8, 4) is 11.5 Å². The first kappa shape index (κ1) is 7.92. The molecule has 0 heterocycles. The Morgan fingerprint density at radius 2 is 2.00 bits per heavy atom. The van der Waals surface area contributed by atoms with Gasteiger partial charge in [-0.1, -0.05) is 0 Å². The van der Waals surface area contributed by atoms with Gasteiger partial charge < -0.3 is 9.47 Å². The Hall–Kier alpha value is -1.18. The van der Waals surface area contributed by atoms with Crippen LogP contribution in [0, 0.1) is 13.0 Å². The molecular weight excluding hydrogens is 140 g/mol. The summed E-state index contributed by atoms with van der Waals surface area (Å²) in [5.74, 6) is 1.58. The maximum absolute atomic E-state index is 5.06. The average molecular weight is 151 g/mol.